The van der Waals surface area contributed by atoms with E-state index < -0.39 is 0 Å². The van der Waals surface area contributed by atoms with Crippen LogP contribution in [-0.2, 0) is 0 Å². The highest BCUT2D eigenvalue weighted by atomic mass is 35.5. The number of hydrogen-bond acceptors (Lipinski definition) is 2. The van der Waals surface area contributed by atoms with Gasteiger partial charge in [-0.3, -0.25) is 0 Å². The van der Waals surface area contributed by atoms with E-state index in [1.165, 1.54) is 19.9 Å². The molecular formula is C14H9ClS2. The minimum Gasteiger partial charge on any atom is -0.117 e. The molecule has 0 aliphatic carbocycles. The van der Waals surface area contributed by atoms with Crippen molar-refractivity contribution in [1.29, 1.82) is 0 Å². The van der Waals surface area contributed by atoms with Gasteiger partial charge in [0.2, 0.25) is 0 Å². The van der Waals surface area contributed by atoms with Gasteiger partial charge in [-0.05, 0) is 29.0 Å². The lowest BCUT2D eigenvalue weighted by molar-refractivity contribution is 1.53. The molecule has 2 aromatic carbocycles. The zero-order chi connectivity index (χ0) is 11.7. The third kappa shape index (κ3) is 2.34. The van der Waals surface area contributed by atoms with Crippen molar-refractivity contribution in [3.63, 3.8) is 0 Å². The first-order chi connectivity index (χ1) is 8.33. The van der Waals surface area contributed by atoms with Gasteiger partial charge in [-0.15, -0.1) is 11.3 Å². The maximum Gasteiger partial charge on any atom is 0.0940 e. The predicted octanol–water partition coefficient (Wildman–Crippen LogP) is 5.71. The zero-order valence-corrected chi connectivity index (χ0v) is 11.3. The average molecular weight is 277 g/mol. The number of halogens is 1. The average Bonchev–Trinajstić information content (AvgIpc) is 2.75. The van der Waals surface area contributed by atoms with Gasteiger partial charge in [0.1, 0.15) is 0 Å². The van der Waals surface area contributed by atoms with Crippen molar-refractivity contribution in [2.75, 3.05) is 0 Å². The lowest BCUT2D eigenvalue weighted by Gasteiger charge is -2.04. The molecule has 0 saturated carbocycles. The summed E-state index contributed by atoms with van der Waals surface area (Å²) in [6, 6.07) is 18.8. The van der Waals surface area contributed by atoms with Crippen LogP contribution in [0, 0.1) is 0 Å². The Kier molecular flexibility index (Phi) is 3.10. The van der Waals surface area contributed by atoms with Crippen molar-refractivity contribution in [3.05, 3.63) is 58.9 Å². The molecular weight excluding hydrogens is 268 g/mol. The molecule has 0 N–H and O–H groups in total. The fraction of sp³-hybridized carbons (Fsp3) is 0. The molecule has 0 nitrogen and oxygen atoms in total. The van der Waals surface area contributed by atoms with Crippen LogP contribution in [0.5, 0.6) is 0 Å². The summed E-state index contributed by atoms with van der Waals surface area (Å²) in [5.74, 6) is 0. The van der Waals surface area contributed by atoms with E-state index in [-0.39, 0.29) is 0 Å². The van der Waals surface area contributed by atoms with Gasteiger partial charge >= 0.3 is 0 Å². The standard InChI is InChI=1S/C14H9ClS2/c15-13-8-9-14(17-13)16-12-7-3-5-10-4-1-2-6-11(10)12/h1-9H. The molecule has 1 aromatic heterocycles. The number of benzene rings is 2. The molecule has 84 valence electrons. The summed E-state index contributed by atoms with van der Waals surface area (Å²) in [4.78, 5) is 1.28. The molecule has 0 aliphatic rings. The highest BCUT2D eigenvalue weighted by Gasteiger charge is 2.04. The van der Waals surface area contributed by atoms with Gasteiger partial charge in [0, 0.05) is 4.90 Å². The fourth-order valence-electron chi connectivity index (χ4n) is 1.75. The van der Waals surface area contributed by atoms with Crippen LogP contribution < -0.4 is 0 Å². The molecule has 0 radical (unpaired) electrons. The molecule has 3 aromatic rings. The summed E-state index contributed by atoms with van der Waals surface area (Å²) < 4.78 is 2.07. The van der Waals surface area contributed by atoms with Gasteiger partial charge in [-0.1, -0.05) is 59.8 Å². The minimum atomic E-state index is 0.840. The first-order valence-corrected chi connectivity index (χ1v) is 7.25. The Bertz CT molecular complexity index is 653. The number of rotatable bonds is 2. The maximum absolute atomic E-state index is 5.95. The summed E-state index contributed by atoms with van der Waals surface area (Å²) in [7, 11) is 0. The van der Waals surface area contributed by atoms with Crippen molar-refractivity contribution >= 4 is 45.5 Å². The van der Waals surface area contributed by atoms with Crippen LogP contribution in [0.25, 0.3) is 10.8 Å². The quantitative estimate of drug-likeness (QED) is 0.578. The molecule has 0 unspecified atom stereocenters. The highest BCUT2D eigenvalue weighted by molar-refractivity contribution is 8.01. The van der Waals surface area contributed by atoms with Crippen molar-refractivity contribution in [3.8, 4) is 0 Å². The Morgan fingerprint density at radius 1 is 0.882 bits per heavy atom. The summed E-state index contributed by atoms with van der Waals surface area (Å²) >= 11 is 9.34. The van der Waals surface area contributed by atoms with Gasteiger partial charge in [0.15, 0.2) is 0 Å². The predicted molar refractivity (Wildman–Crippen MR) is 77.4 cm³/mol. The molecule has 0 fully saturated rings. The highest BCUT2D eigenvalue weighted by Crippen LogP contribution is 2.38. The van der Waals surface area contributed by atoms with E-state index in [2.05, 4.69) is 48.5 Å². The molecule has 0 saturated heterocycles. The van der Waals surface area contributed by atoms with Crippen molar-refractivity contribution < 1.29 is 0 Å². The molecule has 0 atom stereocenters. The van der Waals surface area contributed by atoms with Crippen molar-refractivity contribution in [2.24, 2.45) is 0 Å². The Morgan fingerprint density at radius 3 is 2.53 bits per heavy atom. The molecule has 0 bridgehead atoms. The van der Waals surface area contributed by atoms with Crippen LogP contribution in [0.2, 0.25) is 4.34 Å². The smallest absolute Gasteiger partial charge is 0.0940 e. The van der Waals surface area contributed by atoms with E-state index in [1.54, 1.807) is 23.1 Å². The molecule has 1 heterocycles. The Hall–Kier alpha value is -0.960. The Morgan fingerprint density at radius 2 is 1.71 bits per heavy atom. The second-order valence-corrected chi connectivity index (χ2v) is 6.70. The molecule has 3 heteroatoms. The maximum atomic E-state index is 5.95. The van der Waals surface area contributed by atoms with Crippen LogP contribution >= 0.6 is 34.7 Å². The van der Waals surface area contributed by atoms with Gasteiger partial charge in [-0.2, -0.15) is 0 Å². The third-order valence-corrected chi connectivity index (χ3v) is 4.95. The molecule has 3 rings (SSSR count). The summed E-state index contributed by atoms with van der Waals surface area (Å²) in [5, 5.41) is 2.57. The van der Waals surface area contributed by atoms with E-state index in [9.17, 15) is 0 Å². The van der Waals surface area contributed by atoms with Crippen LogP contribution in [0.15, 0.2) is 63.7 Å². The molecule has 0 aliphatic heterocycles. The van der Waals surface area contributed by atoms with Crippen LogP contribution in [0.4, 0.5) is 0 Å². The SMILES string of the molecule is Clc1ccc(Sc2cccc3ccccc23)s1. The second-order valence-electron chi connectivity index (χ2n) is 3.64. The fourth-order valence-corrected chi connectivity index (χ4v) is 4.16. The molecule has 17 heavy (non-hydrogen) atoms. The van der Waals surface area contributed by atoms with Gasteiger partial charge in [-0.25, -0.2) is 0 Å². The van der Waals surface area contributed by atoms with Crippen LogP contribution in [0.3, 0.4) is 0 Å². The second kappa shape index (κ2) is 4.73. The first-order valence-electron chi connectivity index (χ1n) is 5.24. The van der Waals surface area contributed by atoms with E-state index in [1.807, 2.05) is 6.07 Å². The first kappa shape index (κ1) is 11.1. The van der Waals surface area contributed by atoms with E-state index >= 15 is 0 Å². The third-order valence-electron chi connectivity index (χ3n) is 2.51. The van der Waals surface area contributed by atoms with Gasteiger partial charge in [0.05, 0.1) is 8.55 Å². The Balaban J connectivity index is 2.05. The van der Waals surface area contributed by atoms with E-state index in [4.69, 9.17) is 11.6 Å². The summed E-state index contributed by atoms with van der Waals surface area (Å²) in [5.41, 5.74) is 0. The van der Waals surface area contributed by atoms with E-state index in [0.29, 0.717) is 0 Å². The Labute approximate surface area is 113 Å². The summed E-state index contributed by atoms with van der Waals surface area (Å²) in [6.45, 7) is 0. The van der Waals surface area contributed by atoms with E-state index in [0.717, 1.165) is 4.34 Å². The van der Waals surface area contributed by atoms with Gasteiger partial charge < -0.3 is 0 Å². The lowest BCUT2D eigenvalue weighted by atomic mass is 10.1. The number of thiophene rings is 1. The number of hydrogen-bond donors (Lipinski definition) is 0. The topological polar surface area (TPSA) is 0 Å². The van der Waals surface area contributed by atoms with Crippen molar-refractivity contribution in [2.45, 2.75) is 9.10 Å². The normalized spacial score (nSPS) is 10.9. The van der Waals surface area contributed by atoms with Crippen molar-refractivity contribution in [1.82, 2.24) is 0 Å². The zero-order valence-electron chi connectivity index (χ0n) is 8.89. The van der Waals surface area contributed by atoms with Gasteiger partial charge in [0.25, 0.3) is 0 Å². The monoisotopic (exact) mass is 276 g/mol. The number of fused-ring (bicyclic) bond motifs is 1. The van der Waals surface area contributed by atoms with Crippen LogP contribution in [-0.4, -0.2) is 0 Å². The molecule has 0 spiro atoms. The minimum absolute atomic E-state index is 0.840. The molecule has 0 amide bonds. The largest absolute Gasteiger partial charge is 0.117 e. The van der Waals surface area contributed by atoms with Crippen LogP contribution in [0.1, 0.15) is 0 Å². The summed E-state index contributed by atoms with van der Waals surface area (Å²) in [6.07, 6.45) is 0. The lowest BCUT2D eigenvalue weighted by Crippen LogP contribution is -1.75.